The van der Waals surface area contributed by atoms with Gasteiger partial charge in [-0.25, -0.2) is 0 Å². The van der Waals surface area contributed by atoms with Crippen LogP contribution in [0.1, 0.15) is 33.0 Å². The number of nitrogens with one attached hydrogen (secondary N) is 1. The van der Waals surface area contributed by atoms with Gasteiger partial charge in [-0.2, -0.15) is 0 Å². The molecule has 2 aromatic heterocycles. The SMILES string of the molecule is COc1cc(C)sc1C(=O)NCC(C)(O)c1ccc(C)o1. The predicted molar refractivity (Wildman–Crippen MR) is 81.0 cm³/mol. The third kappa shape index (κ3) is 3.46. The number of hydrogen-bond donors (Lipinski definition) is 2. The van der Waals surface area contributed by atoms with Crippen molar-refractivity contribution < 1.29 is 19.1 Å². The van der Waals surface area contributed by atoms with E-state index in [0.29, 0.717) is 22.1 Å². The molecule has 114 valence electrons. The van der Waals surface area contributed by atoms with Crippen LogP contribution in [-0.4, -0.2) is 24.7 Å². The van der Waals surface area contributed by atoms with Crippen molar-refractivity contribution in [1.82, 2.24) is 5.32 Å². The first kappa shape index (κ1) is 15.6. The molecule has 5 nitrogen and oxygen atoms in total. The van der Waals surface area contributed by atoms with E-state index in [1.165, 1.54) is 18.4 Å². The molecule has 0 aliphatic rings. The lowest BCUT2D eigenvalue weighted by molar-refractivity contribution is 0.0323. The Morgan fingerprint density at radius 1 is 1.48 bits per heavy atom. The quantitative estimate of drug-likeness (QED) is 0.890. The summed E-state index contributed by atoms with van der Waals surface area (Å²) in [6, 6.07) is 5.29. The van der Waals surface area contributed by atoms with E-state index < -0.39 is 5.60 Å². The Morgan fingerprint density at radius 2 is 2.19 bits per heavy atom. The van der Waals surface area contributed by atoms with Crippen LogP contribution in [0.4, 0.5) is 0 Å². The van der Waals surface area contributed by atoms with Crippen LogP contribution >= 0.6 is 11.3 Å². The normalized spacial score (nSPS) is 13.8. The number of aryl methyl sites for hydroxylation is 2. The third-order valence-corrected chi connectivity index (χ3v) is 4.14. The smallest absolute Gasteiger partial charge is 0.265 e. The number of aliphatic hydroxyl groups is 1. The molecule has 1 unspecified atom stereocenters. The van der Waals surface area contributed by atoms with Crippen molar-refractivity contribution in [2.75, 3.05) is 13.7 Å². The van der Waals surface area contributed by atoms with Crippen LogP contribution in [0.2, 0.25) is 0 Å². The van der Waals surface area contributed by atoms with Crippen molar-refractivity contribution in [3.8, 4) is 5.75 Å². The molecule has 0 saturated carbocycles. The fraction of sp³-hybridized carbons (Fsp3) is 0.400. The van der Waals surface area contributed by atoms with Gasteiger partial charge in [0.05, 0.1) is 13.7 Å². The molecular weight excluding hydrogens is 290 g/mol. The van der Waals surface area contributed by atoms with Crippen LogP contribution < -0.4 is 10.1 Å². The Hall–Kier alpha value is -1.79. The van der Waals surface area contributed by atoms with Crippen LogP contribution in [0.25, 0.3) is 0 Å². The van der Waals surface area contributed by atoms with Crippen LogP contribution in [-0.2, 0) is 5.60 Å². The highest BCUT2D eigenvalue weighted by Crippen LogP contribution is 2.29. The topological polar surface area (TPSA) is 71.7 Å². The Kier molecular flexibility index (Phi) is 4.39. The van der Waals surface area contributed by atoms with Gasteiger partial charge in [0.1, 0.15) is 27.7 Å². The third-order valence-electron chi connectivity index (χ3n) is 3.11. The number of hydrogen-bond acceptors (Lipinski definition) is 5. The first-order chi connectivity index (χ1) is 9.83. The fourth-order valence-electron chi connectivity index (χ4n) is 1.94. The van der Waals surface area contributed by atoms with Gasteiger partial charge in [0.15, 0.2) is 0 Å². The lowest BCUT2D eigenvalue weighted by Gasteiger charge is -2.21. The van der Waals surface area contributed by atoms with Gasteiger partial charge in [-0.1, -0.05) is 0 Å². The highest BCUT2D eigenvalue weighted by molar-refractivity contribution is 7.14. The number of carbonyl (C=O) groups excluding carboxylic acids is 1. The average Bonchev–Trinajstić information content (AvgIpc) is 3.02. The number of amides is 1. The van der Waals surface area contributed by atoms with Crippen LogP contribution in [0.15, 0.2) is 22.6 Å². The van der Waals surface area contributed by atoms with Crippen LogP contribution in [0, 0.1) is 13.8 Å². The number of ether oxygens (including phenoxy) is 1. The second kappa shape index (κ2) is 5.91. The lowest BCUT2D eigenvalue weighted by Crippen LogP contribution is -2.38. The van der Waals surface area contributed by atoms with Gasteiger partial charge >= 0.3 is 0 Å². The zero-order valence-electron chi connectivity index (χ0n) is 12.5. The summed E-state index contributed by atoms with van der Waals surface area (Å²) in [4.78, 5) is 13.7. The van der Waals surface area contributed by atoms with Gasteiger partial charge < -0.3 is 19.6 Å². The molecule has 6 heteroatoms. The molecule has 2 heterocycles. The highest BCUT2D eigenvalue weighted by atomic mass is 32.1. The summed E-state index contributed by atoms with van der Waals surface area (Å²) in [6.45, 7) is 5.37. The van der Waals surface area contributed by atoms with Crippen molar-refractivity contribution in [3.05, 3.63) is 39.5 Å². The molecule has 2 N–H and O–H groups in total. The molecule has 0 bridgehead atoms. The molecule has 1 amide bonds. The highest BCUT2D eigenvalue weighted by Gasteiger charge is 2.28. The van der Waals surface area contributed by atoms with E-state index in [4.69, 9.17) is 9.15 Å². The van der Waals surface area contributed by atoms with Gasteiger partial charge in [-0.05, 0) is 39.0 Å². The molecule has 0 saturated heterocycles. The summed E-state index contributed by atoms with van der Waals surface area (Å²) >= 11 is 1.36. The maximum Gasteiger partial charge on any atom is 0.265 e. The fourth-order valence-corrected chi connectivity index (χ4v) is 2.84. The molecule has 0 aliphatic carbocycles. The molecule has 2 rings (SSSR count). The summed E-state index contributed by atoms with van der Waals surface area (Å²) < 4.78 is 10.6. The Balaban J connectivity index is 2.06. The van der Waals surface area contributed by atoms with E-state index in [0.717, 1.165) is 4.88 Å². The van der Waals surface area contributed by atoms with Gasteiger partial charge in [-0.3, -0.25) is 4.79 Å². The summed E-state index contributed by atoms with van der Waals surface area (Å²) in [5.74, 6) is 1.42. The Bertz CT molecular complexity index is 642. The molecule has 1 atom stereocenters. The minimum atomic E-state index is -1.26. The number of thiophene rings is 1. The van der Waals surface area contributed by atoms with E-state index in [9.17, 15) is 9.90 Å². The second-order valence-corrected chi connectivity index (χ2v) is 6.38. The van der Waals surface area contributed by atoms with E-state index in [1.54, 1.807) is 26.0 Å². The van der Waals surface area contributed by atoms with Crippen molar-refractivity contribution >= 4 is 17.2 Å². The minimum Gasteiger partial charge on any atom is -0.495 e. The van der Waals surface area contributed by atoms with E-state index in [2.05, 4.69) is 5.32 Å². The molecule has 21 heavy (non-hydrogen) atoms. The summed E-state index contributed by atoms with van der Waals surface area (Å²) in [5, 5.41) is 13.1. The van der Waals surface area contributed by atoms with Gasteiger partial charge in [0, 0.05) is 4.88 Å². The maximum absolute atomic E-state index is 12.2. The standard InChI is InChI=1S/C15H19NO4S/c1-9-5-6-12(20-9)15(3,18)8-16-14(17)13-11(19-4)7-10(2)21-13/h5-7,18H,8H2,1-4H3,(H,16,17). The van der Waals surface area contributed by atoms with Crippen LogP contribution in [0.5, 0.6) is 5.75 Å². The summed E-state index contributed by atoms with van der Waals surface area (Å²) in [6.07, 6.45) is 0. The lowest BCUT2D eigenvalue weighted by atomic mass is 10.0. The van der Waals surface area contributed by atoms with Gasteiger partial charge in [0.2, 0.25) is 0 Å². The molecule has 0 radical (unpaired) electrons. The minimum absolute atomic E-state index is 0.0545. The number of rotatable bonds is 5. The van der Waals surface area contributed by atoms with Crippen molar-refractivity contribution in [1.29, 1.82) is 0 Å². The molecule has 0 aromatic carbocycles. The maximum atomic E-state index is 12.2. The molecule has 0 spiro atoms. The average molecular weight is 309 g/mol. The van der Waals surface area contributed by atoms with E-state index >= 15 is 0 Å². The molecule has 0 fully saturated rings. The largest absolute Gasteiger partial charge is 0.495 e. The van der Waals surface area contributed by atoms with Crippen molar-refractivity contribution in [2.24, 2.45) is 0 Å². The zero-order valence-corrected chi connectivity index (χ0v) is 13.3. The Labute approximate surface area is 127 Å². The number of carbonyl (C=O) groups is 1. The van der Waals surface area contributed by atoms with Crippen molar-refractivity contribution in [3.63, 3.8) is 0 Å². The van der Waals surface area contributed by atoms with E-state index in [-0.39, 0.29) is 12.5 Å². The van der Waals surface area contributed by atoms with Crippen molar-refractivity contribution in [2.45, 2.75) is 26.4 Å². The molecular formula is C15H19NO4S. The number of methoxy groups -OCH3 is 1. The number of furan rings is 1. The van der Waals surface area contributed by atoms with Gasteiger partial charge in [-0.15, -0.1) is 11.3 Å². The van der Waals surface area contributed by atoms with E-state index in [1.807, 2.05) is 13.0 Å². The monoisotopic (exact) mass is 309 g/mol. The molecule has 2 aromatic rings. The predicted octanol–water partition coefficient (Wildman–Crippen LogP) is 2.60. The molecule has 0 aliphatic heterocycles. The zero-order chi connectivity index (χ0) is 15.6. The first-order valence-corrected chi connectivity index (χ1v) is 7.37. The first-order valence-electron chi connectivity index (χ1n) is 6.55. The summed E-state index contributed by atoms with van der Waals surface area (Å²) in [5.41, 5.74) is -1.26. The second-order valence-electron chi connectivity index (χ2n) is 5.12. The summed E-state index contributed by atoms with van der Waals surface area (Å²) in [7, 11) is 1.53. The Morgan fingerprint density at radius 3 is 2.76 bits per heavy atom. The van der Waals surface area contributed by atoms with Crippen LogP contribution in [0.3, 0.4) is 0 Å². The van der Waals surface area contributed by atoms with Gasteiger partial charge in [0.25, 0.3) is 5.91 Å².